The summed E-state index contributed by atoms with van der Waals surface area (Å²) in [6.45, 7) is 8.67. The molecule has 3 aromatic carbocycles. The summed E-state index contributed by atoms with van der Waals surface area (Å²) in [7, 11) is 0. The van der Waals surface area contributed by atoms with Crippen LogP contribution in [0.1, 0.15) is 56.7 Å². The molecule has 184 valence electrons. The fraction of sp³-hybridized carbons (Fsp3) is 0.406. The van der Waals surface area contributed by atoms with E-state index < -0.39 is 5.41 Å². The number of nitriles is 1. The quantitative estimate of drug-likeness (QED) is 0.244. The van der Waals surface area contributed by atoms with Crippen LogP contribution in [0.3, 0.4) is 0 Å². The van der Waals surface area contributed by atoms with Crippen LogP contribution in [0.2, 0.25) is 5.02 Å². The van der Waals surface area contributed by atoms with Crippen LogP contribution < -0.4 is 0 Å². The van der Waals surface area contributed by atoms with Crippen molar-refractivity contribution in [1.29, 1.82) is 5.26 Å². The molecular formula is C32H39ClN2. The van der Waals surface area contributed by atoms with Gasteiger partial charge in [-0.2, -0.15) is 5.26 Å². The summed E-state index contributed by atoms with van der Waals surface area (Å²) in [5.41, 5.74) is 3.32. The predicted molar refractivity (Wildman–Crippen MR) is 149 cm³/mol. The molecule has 0 saturated heterocycles. The van der Waals surface area contributed by atoms with Crippen LogP contribution in [-0.2, 0) is 18.3 Å². The Morgan fingerprint density at radius 3 is 1.77 bits per heavy atom. The zero-order valence-electron chi connectivity index (χ0n) is 21.5. The third-order valence-electron chi connectivity index (χ3n) is 7.47. The van der Waals surface area contributed by atoms with Gasteiger partial charge in [0.25, 0.3) is 0 Å². The normalized spacial score (nSPS) is 14.0. The number of hydrogen-bond acceptors (Lipinski definition) is 2. The number of rotatable bonds is 13. The van der Waals surface area contributed by atoms with E-state index in [1.165, 1.54) is 11.1 Å². The van der Waals surface area contributed by atoms with Crippen molar-refractivity contribution in [3.8, 4) is 6.07 Å². The highest BCUT2D eigenvalue weighted by molar-refractivity contribution is 6.30. The number of benzene rings is 3. The topological polar surface area (TPSA) is 27.0 Å². The summed E-state index contributed by atoms with van der Waals surface area (Å²) >= 11 is 6.16. The standard InChI is InChI=1S/C32H39ClN2/c1-4-31(19-22-32(25-34,26(2)3)29-15-17-30(33)18-16-29)35(23-20-27-11-7-5-8-12-27)24-21-28-13-9-6-10-14-28/h5-18,26,31H,4,19-24H2,1-3H3. The van der Waals surface area contributed by atoms with Crippen molar-refractivity contribution in [2.75, 3.05) is 13.1 Å². The highest BCUT2D eigenvalue weighted by atomic mass is 35.5. The predicted octanol–water partition coefficient (Wildman–Crippen LogP) is 8.10. The van der Waals surface area contributed by atoms with Crippen LogP contribution in [0.4, 0.5) is 0 Å². The maximum atomic E-state index is 10.4. The van der Waals surface area contributed by atoms with E-state index in [2.05, 4.69) is 92.4 Å². The Hall–Kier alpha value is -2.60. The van der Waals surface area contributed by atoms with Gasteiger partial charge in [0.15, 0.2) is 0 Å². The molecule has 3 heteroatoms. The average molecular weight is 487 g/mol. The molecule has 3 aromatic rings. The summed E-state index contributed by atoms with van der Waals surface area (Å²) in [5, 5.41) is 11.1. The van der Waals surface area contributed by atoms with Crippen LogP contribution >= 0.6 is 11.6 Å². The second-order valence-electron chi connectivity index (χ2n) is 9.85. The smallest absolute Gasteiger partial charge is 0.0845 e. The molecule has 0 aromatic heterocycles. The minimum absolute atomic E-state index is 0.216. The lowest BCUT2D eigenvalue weighted by molar-refractivity contribution is 0.171. The van der Waals surface area contributed by atoms with E-state index in [4.69, 9.17) is 11.6 Å². The molecule has 2 unspecified atom stereocenters. The first kappa shape index (κ1) is 27.0. The van der Waals surface area contributed by atoms with E-state index in [-0.39, 0.29) is 5.92 Å². The molecule has 3 rings (SSSR count). The lowest BCUT2D eigenvalue weighted by Crippen LogP contribution is -2.40. The van der Waals surface area contributed by atoms with E-state index in [0.29, 0.717) is 11.1 Å². The van der Waals surface area contributed by atoms with Crippen molar-refractivity contribution in [2.45, 2.75) is 64.3 Å². The van der Waals surface area contributed by atoms with Gasteiger partial charge in [-0.15, -0.1) is 0 Å². The van der Waals surface area contributed by atoms with Crippen LogP contribution in [0, 0.1) is 17.2 Å². The number of nitrogens with zero attached hydrogens (tertiary/aromatic N) is 2. The maximum Gasteiger partial charge on any atom is 0.0845 e. The zero-order valence-corrected chi connectivity index (χ0v) is 22.2. The summed E-state index contributed by atoms with van der Waals surface area (Å²) in [6, 6.07) is 32.6. The molecule has 0 heterocycles. The summed E-state index contributed by atoms with van der Waals surface area (Å²) in [5.74, 6) is 0.216. The van der Waals surface area contributed by atoms with E-state index in [0.717, 1.165) is 50.8 Å². The molecule has 0 amide bonds. The highest BCUT2D eigenvalue weighted by Crippen LogP contribution is 2.38. The van der Waals surface area contributed by atoms with Crippen molar-refractivity contribution in [2.24, 2.45) is 5.92 Å². The van der Waals surface area contributed by atoms with Gasteiger partial charge in [0.2, 0.25) is 0 Å². The molecule has 0 aliphatic rings. The Morgan fingerprint density at radius 1 is 0.829 bits per heavy atom. The van der Waals surface area contributed by atoms with Gasteiger partial charge in [0.05, 0.1) is 11.5 Å². The molecular weight excluding hydrogens is 448 g/mol. The van der Waals surface area contributed by atoms with Gasteiger partial charge in [0.1, 0.15) is 0 Å². The largest absolute Gasteiger partial charge is 0.300 e. The van der Waals surface area contributed by atoms with Gasteiger partial charge in [-0.05, 0) is 66.8 Å². The van der Waals surface area contributed by atoms with Gasteiger partial charge in [-0.25, -0.2) is 0 Å². The van der Waals surface area contributed by atoms with Crippen molar-refractivity contribution in [3.63, 3.8) is 0 Å². The summed E-state index contributed by atoms with van der Waals surface area (Å²) in [6.07, 6.45) is 4.99. The van der Waals surface area contributed by atoms with Crippen LogP contribution in [0.25, 0.3) is 0 Å². The minimum Gasteiger partial charge on any atom is -0.300 e. The van der Waals surface area contributed by atoms with E-state index in [9.17, 15) is 5.26 Å². The molecule has 0 saturated carbocycles. The first-order chi connectivity index (χ1) is 17.0. The molecule has 2 nitrogen and oxygen atoms in total. The van der Waals surface area contributed by atoms with Gasteiger partial charge < -0.3 is 0 Å². The maximum absolute atomic E-state index is 10.4. The van der Waals surface area contributed by atoms with Crippen molar-refractivity contribution >= 4 is 11.6 Å². The monoisotopic (exact) mass is 486 g/mol. The van der Waals surface area contributed by atoms with E-state index >= 15 is 0 Å². The van der Waals surface area contributed by atoms with Crippen LogP contribution in [0.15, 0.2) is 84.9 Å². The third kappa shape index (κ3) is 7.44. The number of halogens is 1. The van der Waals surface area contributed by atoms with Crippen LogP contribution in [-0.4, -0.2) is 24.0 Å². The molecule has 0 aliphatic heterocycles. The Labute approximate surface area is 217 Å². The second-order valence-corrected chi connectivity index (χ2v) is 10.3. The SMILES string of the molecule is CCC(CCC(C#N)(c1ccc(Cl)cc1)C(C)C)N(CCc1ccccc1)CCc1ccccc1. The Balaban J connectivity index is 1.78. The highest BCUT2D eigenvalue weighted by Gasteiger charge is 2.36. The van der Waals surface area contributed by atoms with Gasteiger partial charge in [-0.1, -0.05) is 105 Å². The van der Waals surface area contributed by atoms with Gasteiger partial charge >= 0.3 is 0 Å². The fourth-order valence-corrected chi connectivity index (χ4v) is 5.24. The fourth-order valence-electron chi connectivity index (χ4n) is 5.11. The van der Waals surface area contributed by atoms with Crippen molar-refractivity contribution < 1.29 is 0 Å². The first-order valence-electron chi connectivity index (χ1n) is 13.0. The molecule has 0 aliphatic carbocycles. The number of hydrogen-bond donors (Lipinski definition) is 0. The lowest BCUT2D eigenvalue weighted by atomic mass is 9.69. The van der Waals surface area contributed by atoms with Gasteiger partial charge in [0, 0.05) is 24.2 Å². The molecule has 0 spiro atoms. The van der Waals surface area contributed by atoms with Gasteiger partial charge in [-0.3, -0.25) is 4.90 Å². The third-order valence-corrected chi connectivity index (χ3v) is 7.72. The molecule has 2 atom stereocenters. The molecule has 35 heavy (non-hydrogen) atoms. The lowest BCUT2D eigenvalue weighted by Gasteiger charge is -2.36. The first-order valence-corrected chi connectivity index (χ1v) is 13.4. The molecule has 0 fully saturated rings. The van der Waals surface area contributed by atoms with E-state index in [1.54, 1.807) is 0 Å². The molecule has 0 N–H and O–H groups in total. The summed E-state index contributed by atoms with van der Waals surface area (Å²) < 4.78 is 0. The second kappa shape index (κ2) is 13.5. The van der Waals surface area contributed by atoms with Crippen LogP contribution in [0.5, 0.6) is 0 Å². The molecule has 0 radical (unpaired) electrons. The Bertz CT molecular complexity index is 997. The average Bonchev–Trinajstić information content (AvgIpc) is 2.89. The minimum atomic E-state index is -0.511. The van der Waals surface area contributed by atoms with E-state index in [1.807, 2.05) is 24.3 Å². The zero-order chi connectivity index (χ0) is 25.1. The summed E-state index contributed by atoms with van der Waals surface area (Å²) in [4.78, 5) is 2.66. The van der Waals surface area contributed by atoms with Crippen molar-refractivity contribution in [3.05, 3.63) is 107 Å². The molecule has 0 bridgehead atoms. The van der Waals surface area contributed by atoms with Crippen molar-refractivity contribution in [1.82, 2.24) is 4.90 Å². The Kier molecular flexibility index (Phi) is 10.4. The Morgan fingerprint density at radius 2 is 1.34 bits per heavy atom.